The minimum atomic E-state index is -0.917. The normalized spacial score (nSPS) is 14.3. The van der Waals surface area contributed by atoms with Gasteiger partial charge in [-0.3, -0.25) is 0 Å². The lowest BCUT2D eigenvalue weighted by Gasteiger charge is -2.28. The molecule has 1 aromatic carbocycles. The minimum absolute atomic E-state index is 0.0705. The standard InChI is InChI=1S/C14H21BrO4/c1-9(2)14(3,17)8-19-13-11(15)5-10(7-16)6-12(13)18-4/h5-6,9,16-17H,7-8H2,1-4H3. The first kappa shape index (κ1) is 16.3. The average Bonchev–Trinajstić information content (AvgIpc) is 2.36. The van der Waals surface area contributed by atoms with Gasteiger partial charge in [-0.25, -0.2) is 0 Å². The van der Waals surface area contributed by atoms with Crippen molar-refractivity contribution >= 4 is 15.9 Å². The molecule has 0 spiro atoms. The Morgan fingerprint density at radius 2 is 2.00 bits per heavy atom. The largest absolute Gasteiger partial charge is 0.493 e. The Labute approximate surface area is 122 Å². The topological polar surface area (TPSA) is 58.9 Å². The highest BCUT2D eigenvalue weighted by molar-refractivity contribution is 9.10. The molecule has 19 heavy (non-hydrogen) atoms. The van der Waals surface area contributed by atoms with E-state index in [-0.39, 0.29) is 19.1 Å². The molecule has 1 rings (SSSR count). The minimum Gasteiger partial charge on any atom is -0.493 e. The monoisotopic (exact) mass is 332 g/mol. The SMILES string of the molecule is COc1cc(CO)cc(Br)c1OCC(C)(O)C(C)C. The molecule has 2 N–H and O–H groups in total. The smallest absolute Gasteiger partial charge is 0.175 e. The Bertz CT molecular complexity index is 430. The second kappa shape index (κ2) is 6.59. The highest BCUT2D eigenvalue weighted by Gasteiger charge is 2.27. The third-order valence-electron chi connectivity index (χ3n) is 3.22. The van der Waals surface area contributed by atoms with Gasteiger partial charge in [-0.15, -0.1) is 0 Å². The van der Waals surface area contributed by atoms with E-state index < -0.39 is 5.60 Å². The highest BCUT2D eigenvalue weighted by atomic mass is 79.9. The van der Waals surface area contributed by atoms with Crippen molar-refractivity contribution in [3.63, 3.8) is 0 Å². The summed E-state index contributed by atoms with van der Waals surface area (Å²) in [6.07, 6.45) is 0. The molecule has 1 unspecified atom stereocenters. The summed E-state index contributed by atoms with van der Waals surface area (Å²) < 4.78 is 11.6. The number of benzene rings is 1. The molecular formula is C14H21BrO4. The molecule has 0 saturated heterocycles. The third kappa shape index (κ3) is 4.09. The van der Waals surface area contributed by atoms with Crippen LogP contribution in [0.3, 0.4) is 0 Å². The van der Waals surface area contributed by atoms with Crippen molar-refractivity contribution in [2.45, 2.75) is 33.0 Å². The second-order valence-electron chi connectivity index (χ2n) is 5.07. The van der Waals surface area contributed by atoms with Crippen LogP contribution in [-0.4, -0.2) is 29.5 Å². The fourth-order valence-electron chi connectivity index (χ4n) is 1.39. The van der Waals surface area contributed by atoms with E-state index in [9.17, 15) is 5.11 Å². The third-order valence-corrected chi connectivity index (χ3v) is 3.81. The van der Waals surface area contributed by atoms with Crippen molar-refractivity contribution in [2.24, 2.45) is 5.92 Å². The molecule has 5 heteroatoms. The fourth-order valence-corrected chi connectivity index (χ4v) is 1.99. The van der Waals surface area contributed by atoms with Crippen molar-refractivity contribution in [3.05, 3.63) is 22.2 Å². The van der Waals surface area contributed by atoms with Gasteiger partial charge in [-0.1, -0.05) is 13.8 Å². The molecule has 0 aliphatic rings. The van der Waals surface area contributed by atoms with E-state index in [0.29, 0.717) is 16.0 Å². The number of aliphatic hydroxyl groups is 2. The van der Waals surface area contributed by atoms with Crippen molar-refractivity contribution in [1.82, 2.24) is 0 Å². The zero-order valence-corrected chi connectivity index (χ0v) is 13.3. The first-order chi connectivity index (χ1) is 8.81. The first-order valence-corrected chi connectivity index (χ1v) is 6.93. The number of halogens is 1. The van der Waals surface area contributed by atoms with Crippen LogP contribution in [-0.2, 0) is 6.61 Å². The summed E-state index contributed by atoms with van der Waals surface area (Å²) in [4.78, 5) is 0. The van der Waals surface area contributed by atoms with Crippen molar-refractivity contribution in [1.29, 1.82) is 0 Å². The number of rotatable bonds is 6. The van der Waals surface area contributed by atoms with Gasteiger partial charge in [0.2, 0.25) is 0 Å². The number of aliphatic hydroxyl groups excluding tert-OH is 1. The summed E-state index contributed by atoms with van der Waals surface area (Å²) in [7, 11) is 1.54. The van der Waals surface area contributed by atoms with E-state index in [0.717, 1.165) is 5.56 Å². The lowest BCUT2D eigenvalue weighted by Crippen LogP contribution is -2.37. The van der Waals surface area contributed by atoms with E-state index in [4.69, 9.17) is 14.6 Å². The summed E-state index contributed by atoms with van der Waals surface area (Å²) >= 11 is 3.39. The van der Waals surface area contributed by atoms with E-state index in [1.807, 2.05) is 13.8 Å². The first-order valence-electron chi connectivity index (χ1n) is 6.14. The summed E-state index contributed by atoms with van der Waals surface area (Å²) in [6.45, 7) is 5.70. The van der Waals surface area contributed by atoms with Gasteiger partial charge in [0.1, 0.15) is 6.61 Å². The molecule has 0 aliphatic carbocycles. The van der Waals surface area contributed by atoms with Crippen LogP contribution < -0.4 is 9.47 Å². The molecule has 0 bridgehead atoms. The van der Waals surface area contributed by atoms with Crippen LogP contribution in [0.15, 0.2) is 16.6 Å². The average molecular weight is 333 g/mol. The Kier molecular flexibility index (Phi) is 5.64. The van der Waals surface area contributed by atoms with Gasteiger partial charge in [-0.05, 0) is 46.5 Å². The van der Waals surface area contributed by atoms with Gasteiger partial charge in [-0.2, -0.15) is 0 Å². The quantitative estimate of drug-likeness (QED) is 0.840. The molecule has 1 aromatic rings. The summed E-state index contributed by atoms with van der Waals surface area (Å²) in [5.41, 5.74) is -0.188. The molecule has 108 valence electrons. The van der Waals surface area contributed by atoms with E-state index in [1.165, 1.54) is 7.11 Å². The van der Waals surface area contributed by atoms with Crippen LogP contribution in [0.1, 0.15) is 26.3 Å². The Balaban J connectivity index is 2.95. The van der Waals surface area contributed by atoms with Gasteiger partial charge in [0, 0.05) is 0 Å². The maximum Gasteiger partial charge on any atom is 0.175 e. The van der Waals surface area contributed by atoms with Crippen LogP contribution >= 0.6 is 15.9 Å². The van der Waals surface area contributed by atoms with Crippen molar-refractivity contribution < 1.29 is 19.7 Å². The predicted molar refractivity (Wildman–Crippen MR) is 77.6 cm³/mol. The molecule has 0 amide bonds. The van der Waals surface area contributed by atoms with Gasteiger partial charge in [0.15, 0.2) is 11.5 Å². The Morgan fingerprint density at radius 3 is 2.47 bits per heavy atom. The van der Waals surface area contributed by atoms with E-state index >= 15 is 0 Å². The van der Waals surface area contributed by atoms with Gasteiger partial charge in [0.25, 0.3) is 0 Å². The molecule has 0 radical (unpaired) electrons. The van der Waals surface area contributed by atoms with Crippen LogP contribution in [0.5, 0.6) is 11.5 Å². The molecule has 0 heterocycles. The fraction of sp³-hybridized carbons (Fsp3) is 0.571. The van der Waals surface area contributed by atoms with Crippen molar-refractivity contribution in [2.75, 3.05) is 13.7 Å². The zero-order chi connectivity index (χ0) is 14.6. The van der Waals surface area contributed by atoms with E-state index in [1.54, 1.807) is 19.1 Å². The Hall–Kier alpha value is -0.780. The van der Waals surface area contributed by atoms with Gasteiger partial charge in [0.05, 0.1) is 23.8 Å². The summed E-state index contributed by atoms with van der Waals surface area (Å²) in [5.74, 6) is 1.13. The zero-order valence-electron chi connectivity index (χ0n) is 11.7. The molecule has 1 atom stereocenters. The molecular weight excluding hydrogens is 312 g/mol. The number of hydrogen-bond acceptors (Lipinski definition) is 4. The lowest BCUT2D eigenvalue weighted by molar-refractivity contribution is -0.0273. The van der Waals surface area contributed by atoms with Gasteiger partial charge >= 0.3 is 0 Å². The predicted octanol–water partition coefficient (Wildman–Crippen LogP) is 2.74. The van der Waals surface area contributed by atoms with Crippen LogP contribution in [0.4, 0.5) is 0 Å². The highest BCUT2D eigenvalue weighted by Crippen LogP contribution is 2.37. The number of hydrogen-bond donors (Lipinski definition) is 2. The van der Waals surface area contributed by atoms with Crippen molar-refractivity contribution in [3.8, 4) is 11.5 Å². The second-order valence-corrected chi connectivity index (χ2v) is 5.92. The molecule has 0 aromatic heterocycles. The van der Waals surface area contributed by atoms with Crippen LogP contribution in [0.2, 0.25) is 0 Å². The Morgan fingerprint density at radius 1 is 1.37 bits per heavy atom. The maximum atomic E-state index is 10.2. The molecule has 4 nitrogen and oxygen atoms in total. The molecule has 0 fully saturated rings. The van der Waals surface area contributed by atoms with Crippen LogP contribution in [0.25, 0.3) is 0 Å². The lowest BCUT2D eigenvalue weighted by atomic mass is 9.94. The molecule has 0 aliphatic heterocycles. The number of ether oxygens (including phenoxy) is 2. The van der Waals surface area contributed by atoms with Crippen LogP contribution in [0, 0.1) is 5.92 Å². The van der Waals surface area contributed by atoms with E-state index in [2.05, 4.69) is 15.9 Å². The van der Waals surface area contributed by atoms with Gasteiger partial charge < -0.3 is 19.7 Å². The maximum absolute atomic E-state index is 10.2. The number of methoxy groups -OCH3 is 1. The molecule has 0 saturated carbocycles. The summed E-state index contributed by atoms with van der Waals surface area (Å²) in [5, 5.41) is 19.3. The summed E-state index contributed by atoms with van der Waals surface area (Å²) in [6, 6.07) is 3.48.